The molecule has 0 aliphatic heterocycles. The van der Waals surface area contributed by atoms with Gasteiger partial charge in [-0.05, 0) is 12.8 Å². The maximum absolute atomic E-state index is 11.3. The molecule has 0 radical (unpaired) electrons. The predicted molar refractivity (Wildman–Crippen MR) is 62.4 cm³/mol. The van der Waals surface area contributed by atoms with Crippen molar-refractivity contribution in [2.75, 3.05) is 13.2 Å². The van der Waals surface area contributed by atoms with E-state index in [0.29, 0.717) is 12.8 Å². The van der Waals surface area contributed by atoms with E-state index in [1.165, 1.54) is 0 Å². The molecular weight excluding hydrogens is 240 g/mol. The van der Waals surface area contributed by atoms with E-state index < -0.39 is 17.9 Å². The van der Waals surface area contributed by atoms with Crippen LogP contribution in [-0.2, 0) is 23.9 Å². The first kappa shape index (κ1) is 16.3. The van der Waals surface area contributed by atoms with Gasteiger partial charge in [-0.2, -0.15) is 0 Å². The highest BCUT2D eigenvalue weighted by atomic mass is 16.6. The minimum atomic E-state index is -0.782. The molecule has 0 saturated heterocycles. The Hall–Kier alpha value is -1.69. The molecule has 6 heteroatoms. The Morgan fingerprint density at radius 1 is 1.39 bits per heavy atom. The molecule has 0 amide bonds. The van der Waals surface area contributed by atoms with E-state index in [2.05, 4.69) is 11.3 Å². The average molecular weight is 258 g/mol. The topological polar surface area (TPSA) is 89.9 Å². The van der Waals surface area contributed by atoms with Gasteiger partial charge < -0.3 is 14.6 Å². The van der Waals surface area contributed by atoms with Gasteiger partial charge in [-0.25, -0.2) is 4.79 Å². The van der Waals surface area contributed by atoms with Gasteiger partial charge in [0.25, 0.3) is 0 Å². The van der Waals surface area contributed by atoms with Crippen LogP contribution in [0.2, 0.25) is 0 Å². The van der Waals surface area contributed by atoms with Gasteiger partial charge in [0.2, 0.25) is 0 Å². The van der Waals surface area contributed by atoms with Crippen molar-refractivity contribution in [3.63, 3.8) is 0 Å². The molecular formula is C12H18O6. The van der Waals surface area contributed by atoms with Gasteiger partial charge in [0.1, 0.15) is 6.61 Å². The van der Waals surface area contributed by atoms with Gasteiger partial charge in [-0.3, -0.25) is 9.59 Å². The number of esters is 3. The van der Waals surface area contributed by atoms with E-state index in [4.69, 9.17) is 9.84 Å². The first-order valence-electron chi connectivity index (χ1n) is 5.65. The number of ether oxygens (including phenoxy) is 2. The molecule has 0 saturated carbocycles. The van der Waals surface area contributed by atoms with Gasteiger partial charge in [0, 0.05) is 12.5 Å². The van der Waals surface area contributed by atoms with E-state index in [1.54, 1.807) is 6.92 Å². The third kappa shape index (κ3) is 7.56. The monoisotopic (exact) mass is 258 g/mol. The van der Waals surface area contributed by atoms with E-state index in [1.807, 2.05) is 0 Å². The smallest absolute Gasteiger partial charge is 0.337 e. The maximum Gasteiger partial charge on any atom is 0.337 e. The van der Waals surface area contributed by atoms with E-state index in [0.717, 1.165) is 6.08 Å². The summed E-state index contributed by atoms with van der Waals surface area (Å²) in [5, 5.41) is 8.47. The molecule has 18 heavy (non-hydrogen) atoms. The summed E-state index contributed by atoms with van der Waals surface area (Å²) in [6.45, 7) is 4.59. The zero-order chi connectivity index (χ0) is 14.0. The Bertz CT molecular complexity index is 310. The lowest BCUT2D eigenvalue weighted by Gasteiger charge is -2.09. The zero-order valence-corrected chi connectivity index (χ0v) is 10.4. The Morgan fingerprint density at radius 2 is 2.06 bits per heavy atom. The number of hydrogen-bond donors (Lipinski definition) is 1. The second-order valence-electron chi connectivity index (χ2n) is 3.68. The zero-order valence-electron chi connectivity index (χ0n) is 10.4. The number of aliphatic hydroxyl groups is 1. The molecule has 0 fully saturated rings. The van der Waals surface area contributed by atoms with Crippen LogP contribution in [-0.4, -0.2) is 36.2 Å². The molecule has 1 atom stereocenters. The molecule has 0 spiro atoms. The molecule has 0 aromatic heterocycles. The summed E-state index contributed by atoms with van der Waals surface area (Å²) in [5.74, 6) is -2.20. The summed E-state index contributed by atoms with van der Waals surface area (Å²) < 4.78 is 9.08. The van der Waals surface area contributed by atoms with Crippen LogP contribution in [0.4, 0.5) is 0 Å². The molecule has 6 nitrogen and oxygen atoms in total. The van der Waals surface area contributed by atoms with Crippen LogP contribution in [0.25, 0.3) is 0 Å². The lowest BCUT2D eigenvalue weighted by atomic mass is 10.0. The van der Waals surface area contributed by atoms with Crippen molar-refractivity contribution in [3.8, 4) is 0 Å². The quantitative estimate of drug-likeness (QED) is 0.389. The normalized spacial score (nSPS) is 11.4. The van der Waals surface area contributed by atoms with Crippen LogP contribution < -0.4 is 0 Å². The number of hydrogen-bond acceptors (Lipinski definition) is 6. The fraction of sp³-hybridized carbons (Fsp3) is 0.583. The fourth-order valence-electron chi connectivity index (χ4n) is 1.16. The van der Waals surface area contributed by atoms with Crippen LogP contribution >= 0.6 is 0 Å². The van der Waals surface area contributed by atoms with Gasteiger partial charge in [0.05, 0.1) is 12.5 Å². The highest BCUT2D eigenvalue weighted by Crippen LogP contribution is 2.10. The summed E-state index contributed by atoms with van der Waals surface area (Å²) in [6.07, 6.45) is 1.82. The third-order valence-electron chi connectivity index (χ3n) is 2.14. The molecule has 0 aliphatic carbocycles. The van der Waals surface area contributed by atoms with Gasteiger partial charge in [-0.1, -0.05) is 13.5 Å². The van der Waals surface area contributed by atoms with Gasteiger partial charge >= 0.3 is 17.9 Å². The molecule has 0 aromatic rings. The van der Waals surface area contributed by atoms with Crippen molar-refractivity contribution in [3.05, 3.63) is 12.7 Å². The molecule has 1 N–H and O–H groups in total. The Kier molecular flexibility index (Phi) is 8.47. The minimum Gasteiger partial charge on any atom is -0.463 e. The maximum atomic E-state index is 11.3. The lowest BCUT2D eigenvalue weighted by molar-refractivity contribution is -0.157. The fourth-order valence-corrected chi connectivity index (χ4v) is 1.16. The SMILES string of the molecule is C=CC(=O)OC(=O)CCCC(C)C(=O)OCCO. The van der Waals surface area contributed by atoms with Crippen LogP contribution in [0.15, 0.2) is 12.7 Å². The van der Waals surface area contributed by atoms with Crippen LogP contribution in [0.3, 0.4) is 0 Å². The molecule has 0 bridgehead atoms. The standard InChI is InChI=1S/C12H18O6/c1-3-10(14)18-11(15)6-4-5-9(2)12(16)17-8-7-13/h3,9,13H,1,4-8H2,2H3. The Balaban J connectivity index is 3.76. The third-order valence-corrected chi connectivity index (χ3v) is 2.14. The number of carbonyl (C=O) groups excluding carboxylic acids is 3. The molecule has 0 aromatic carbocycles. The average Bonchev–Trinajstić information content (AvgIpc) is 2.35. The van der Waals surface area contributed by atoms with E-state index in [9.17, 15) is 14.4 Å². The van der Waals surface area contributed by atoms with Crippen molar-refractivity contribution in [2.24, 2.45) is 5.92 Å². The van der Waals surface area contributed by atoms with Crippen molar-refractivity contribution >= 4 is 17.9 Å². The van der Waals surface area contributed by atoms with Crippen LogP contribution in [0, 0.1) is 5.92 Å². The summed E-state index contributed by atoms with van der Waals surface area (Å²) in [4.78, 5) is 33.1. The predicted octanol–water partition coefficient (Wildman–Crippen LogP) is 0.584. The summed E-state index contributed by atoms with van der Waals surface area (Å²) >= 11 is 0. The number of rotatable bonds is 8. The Labute approximate surface area is 106 Å². The van der Waals surface area contributed by atoms with Crippen molar-refractivity contribution in [1.29, 1.82) is 0 Å². The second-order valence-corrected chi connectivity index (χ2v) is 3.68. The number of aliphatic hydroxyl groups excluding tert-OH is 1. The summed E-state index contributed by atoms with van der Waals surface area (Å²) in [6, 6.07) is 0. The minimum absolute atomic E-state index is 0.0287. The summed E-state index contributed by atoms with van der Waals surface area (Å²) in [7, 11) is 0. The van der Waals surface area contributed by atoms with Gasteiger partial charge in [-0.15, -0.1) is 0 Å². The first-order chi connectivity index (χ1) is 8.51. The van der Waals surface area contributed by atoms with Crippen molar-refractivity contribution in [2.45, 2.75) is 26.2 Å². The Morgan fingerprint density at radius 3 is 2.61 bits per heavy atom. The van der Waals surface area contributed by atoms with Crippen molar-refractivity contribution in [1.82, 2.24) is 0 Å². The first-order valence-corrected chi connectivity index (χ1v) is 5.65. The van der Waals surface area contributed by atoms with Gasteiger partial charge in [0.15, 0.2) is 0 Å². The van der Waals surface area contributed by atoms with Crippen LogP contribution in [0.1, 0.15) is 26.2 Å². The van der Waals surface area contributed by atoms with E-state index in [-0.39, 0.29) is 25.6 Å². The van der Waals surface area contributed by atoms with Crippen LogP contribution in [0.5, 0.6) is 0 Å². The highest BCUT2D eigenvalue weighted by molar-refractivity contribution is 5.91. The van der Waals surface area contributed by atoms with E-state index >= 15 is 0 Å². The lowest BCUT2D eigenvalue weighted by Crippen LogP contribution is -2.17. The molecule has 0 aliphatic rings. The highest BCUT2D eigenvalue weighted by Gasteiger charge is 2.15. The second kappa shape index (κ2) is 9.35. The molecule has 0 heterocycles. The molecule has 0 rings (SSSR count). The molecule has 1 unspecified atom stereocenters. The molecule has 102 valence electrons. The largest absolute Gasteiger partial charge is 0.463 e. The summed E-state index contributed by atoms with van der Waals surface area (Å²) in [5.41, 5.74) is 0. The van der Waals surface area contributed by atoms with Crippen molar-refractivity contribution < 1.29 is 29.0 Å². The number of carbonyl (C=O) groups is 3.